The van der Waals surface area contributed by atoms with Gasteiger partial charge in [0.25, 0.3) is 0 Å². The number of hydrogen-bond acceptors (Lipinski definition) is 7. The van der Waals surface area contributed by atoms with Crippen molar-refractivity contribution in [1.82, 2.24) is 0 Å². The zero-order chi connectivity index (χ0) is 23.0. The molecule has 0 aliphatic heterocycles. The highest BCUT2D eigenvalue weighted by molar-refractivity contribution is 6.01. The van der Waals surface area contributed by atoms with Crippen LogP contribution in [0, 0.1) is 11.3 Å². The molecule has 0 spiro atoms. The lowest BCUT2D eigenvalue weighted by Gasteiger charge is -2.42. The molecule has 1 aromatic rings. The van der Waals surface area contributed by atoms with Crippen molar-refractivity contribution in [2.75, 3.05) is 28.4 Å². The quantitative estimate of drug-likeness (QED) is 0.462. The Balaban J connectivity index is 2.31. The molecule has 0 heterocycles. The number of Topliss-reactive ketones (excluding diaryl/α,β-unsaturated/α-hetero) is 1. The van der Waals surface area contributed by atoms with Crippen LogP contribution in [0.1, 0.15) is 31.7 Å². The minimum Gasteiger partial charge on any atom is -0.497 e. The Morgan fingerprint density at radius 1 is 1.13 bits per heavy atom. The molecule has 1 saturated carbocycles. The Bertz CT molecular complexity index is 921. The van der Waals surface area contributed by atoms with Crippen LogP contribution in [0.3, 0.4) is 0 Å². The average molecular weight is 430 g/mol. The molecule has 2 bridgehead atoms. The molecule has 0 N–H and O–H groups in total. The van der Waals surface area contributed by atoms with E-state index in [-0.39, 0.29) is 11.7 Å². The van der Waals surface area contributed by atoms with Gasteiger partial charge in [0.15, 0.2) is 29.0 Å². The number of fused-ring (bicyclic) bond motifs is 2. The molecular weight excluding hydrogens is 400 g/mol. The van der Waals surface area contributed by atoms with Gasteiger partial charge in [0.2, 0.25) is 0 Å². The topological polar surface area (TPSA) is 80.3 Å². The fourth-order valence-electron chi connectivity index (χ4n) is 5.36. The summed E-state index contributed by atoms with van der Waals surface area (Å²) in [5.41, 5.74) is -1.56. The molecule has 2 aliphatic carbocycles. The lowest BCUT2D eigenvalue weighted by Crippen LogP contribution is -2.58. The first-order valence-electron chi connectivity index (χ1n) is 10.1. The van der Waals surface area contributed by atoms with E-state index in [2.05, 4.69) is 6.58 Å². The van der Waals surface area contributed by atoms with Crippen LogP contribution in [0.25, 0.3) is 0 Å². The molecule has 1 aromatic carbocycles. The number of methoxy groups -OCH3 is 4. The van der Waals surface area contributed by atoms with E-state index in [9.17, 15) is 9.59 Å². The van der Waals surface area contributed by atoms with Crippen molar-refractivity contribution in [2.45, 2.75) is 37.9 Å². The van der Waals surface area contributed by atoms with Crippen LogP contribution < -0.4 is 9.47 Å². The van der Waals surface area contributed by atoms with Gasteiger partial charge in [-0.2, -0.15) is 0 Å². The van der Waals surface area contributed by atoms with E-state index in [1.807, 2.05) is 19.1 Å². The summed E-state index contributed by atoms with van der Waals surface area (Å²) >= 11 is 0. The van der Waals surface area contributed by atoms with Crippen molar-refractivity contribution >= 4 is 11.8 Å². The monoisotopic (exact) mass is 430 g/mol. The summed E-state index contributed by atoms with van der Waals surface area (Å²) in [5, 5.41) is 0. The summed E-state index contributed by atoms with van der Waals surface area (Å²) in [6.45, 7) is 7.17. The normalized spacial score (nSPS) is 31.6. The van der Waals surface area contributed by atoms with E-state index in [0.717, 1.165) is 5.56 Å². The molecule has 0 radical (unpaired) electrons. The molecule has 5 atom stereocenters. The highest BCUT2D eigenvalue weighted by atomic mass is 16.6. The Morgan fingerprint density at radius 3 is 2.32 bits per heavy atom. The molecule has 7 nitrogen and oxygen atoms in total. The van der Waals surface area contributed by atoms with Crippen molar-refractivity contribution in [3.63, 3.8) is 0 Å². The van der Waals surface area contributed by atoms with Gasteiger partial charge in [-0.25, -0.2) is 0 Å². The number of carbonyl (C=O) groups is 2. The standard InChI is InChI=1S/C24H30O7/c1-8-11-23-13-19(29-6)21(31-15(3)25)24(30-7,22(23)26)20(14(23)2)16-9-10-17(27-4)18(12-16)28-5/h8-10,12-14,20-21H,1,11H2,2-7H3/t14-,20+,21+,23-,24+/m1/s1. The van der Waals surface area contributed by atoms with E-state index >= 15 is 0 Å². The van der Waals surface area contributed by atoms with E-state index in [4.69, 9.17) is 23.7 Å². The molecule has 0 saturated heterocycles. The maximum atomic E-state index is 14.1. The zero-order valence-electron chi connectivity index (χ0n) is 18.9. The van der Waals surface area contributed by atoms with Gasteiger partial charge in [-0.3, -0.25) is 9.59 Å². The van der Waals surface area contributed by atoms with E-state index in [0.29, 0.717) is 23.7 Å². The SMILES string of the molecule is C=CC[C@]12C=C(OC)[C@H](OC(C)=O)[C@](OC)(C1=O)[C@H](c1ccc(OC)c(OC)c1)[C@H]2C. The van der Waals surface area contributed by atoms with Gasteiger partial charge >= 0.3 is 5.97 Å². The van der Waals surface area contributed by atoms with Gasteiger partial charge in [0.05, 0.1) is 26.7 Å². The molecule has 2 aliphatic rings. The number of ketones is 1. The predicted octanol–water partition coefficient (Wildman–Crippen LogP) is 3.43. The Labute approximate surface area is 183 Å². The third-order valence-electron chi connectivity index (χ3n) is 6.71. The van der Waals surface area contributed by atoms with Gasteiger partial charge in [0, 0.05) is 20.0 Å². The van der Waals surface area contributed by atoms with Gasteiger partial charge in [-0.15, -0.1) is 6.58 Å². The third kappa shape index (κ3) is 3.14. The van der Waals surface area contributed by atoms with Crippen LogP contribution in [0.15, 0.2) is 42.7 Å². The highest BCUT2D eigenvalue weighted by Gasteiger charge is 2.73. The summed E-state index contributed by atoms with van der Waals surface area (Å²) in [7, 11) is 6.09. The van der Waals surface area contributed by atoms with Gasteiger partial charge in [-0.05, 0) is 36.1 Å². The van der Waals surface area contributed by atoms with Crippen molar-refractivity contribution in [3.8, 4) is 11.5 Å². The first-order chi connectivity index (χ1) is 14.8. The smallest absolute Gasteiger partial charge is 0.303 e. The number of hydrogen-bond donors (Lipinski definition) is 0. The number of rotatable bonds is 8. The van der Waals surface area contributed by atoms with Crippen molar-refractivity contribution in [1.29, 1.82) is 0 Å². The number of allylic oxidation sites excluding steroid dienone is 2. The molecule has 1 fully saturated rings. The summed E-state index contributed by atoms with van der Waals surface area (Å²) in [5.74, 6) is 0.175. The van der Waals surface area contributed by atoms with E-state index in [1.54, 1.807) is 32.4 Å². The van der Waals surface area contributed by atoms with Gasteiger partial charge < -0.3 is 23.7 Å². The lowest BCUT2D eigenvalue weighted by molar-refractivity contribution is -0.177. The van der Waals surface area contributed by atoms with Crippen LogP contribution in [-0.2, 0) is 23.8 Å². The van der Waals surface area contributed by atoms with Crippen LogP contribution in [0.2, 0.25) is 0 Å². The van der Waals surface area contributed by atoms with Crippen LogP contribution >= 0.6 is 0 Å². The van der Waals surface area contributed by atoms with Crippen molar-refractivity contribution in [3.05, 3.63) is 48.3 Å². The lowest BCUT2D eigenvalue weighted by atomic mass is 9.70. The van der Waals surface area contributed by atoms with Crippen LogP contribution in [0.5, 0.6) is 11.5 Å². The van der Waals surface area contributed by atoms with Crippen LogP contribution in [0.4, 0.5) is 0 Å². The largest absolute Gasteiger partial charge is 0.497 e. The maximum absolute atomic E-state index is 14.1. The second-order valence-electron chi connectivity index (χ2n) is 7.98. The first kappa shape index (κ1) is 22.9. The highest BCUT2D eigenvalue weighted by Crippen LogP contribution is 2.63. The average Bonchev–Trinajstić information content (AvgIpc) is 2.88. The predicted molar refractivity (Wildman–Crippen MR) is 114 cm³/mol. The number of ether oxygens (including phenoxy) is 5. The molecule has 3 rings (SSSR count). The van der Waals surface area contributed by atoms with Gasteiger partial charge in [0.1, 0.15) is 5.76 Å². The maximum Gasteiger partial charge on any atom is 0.303 e. The van der Waals surface area contributed by atoms with Crippen molar-refractivity contribution < 1.29 is 33.3 Å². The Hall–Kier alpha value is -2.80. The Kier molecular flexibility index (Phi) is 6.18. The summed E-state index contributed by atoms with van der Waals surface area (Å²) in [6.07, 6.45) is 2.89. The van der Waals surface area contributed by atoms with Gasteiger partial charge in [-0.1, -0.05) is 19.1 Å². The second-order valence-corrected chi connectivity index (χ2v) is 7.98. The second kappa shape index (κ2) is 8.38. The number of benzene rings is 1. The molecule has 0 aromatic heterocycles. The first-order valence-corrected chi connectivity index (χ1v) is 10.1. The summed E-state index contributed by atoms with van der Waals surface area (Å²) < 4.78 is 28.1. The third-order valence-corrected chi connectivity index (χ3v) is 6.71. The summed E-state index contributed by atoms with van der Waals surface area (Å²) in [6, 6.07) is 5.52. The fraction of sp³-hybridized carbons (Fsp3) is 0.500. The minimum atomic E-state index is -1.46. The number of esters is 1. The van der Waals surface area contributed by atoms with Crippen molar-refractivity contribution in [2.24, 2.45) is 11.3 Å². The zero-order valence-corrected chi connectivity index (χ0v) is 18.9. The van der Waals surface area contributed by atoms with E-state index < -0.39 is 29.0 Å². The molecule has 0 unspecified atom stereocenters. The minimum absolute atomic E-state index is 0.151. The van der Waals surface area contributed by atoms with E-state index in [1.165, 1.54) is 21.1 Å². The Morgan fingerprint density at radius 2 is 1.81 bits per heavy atom. The fourth-order valence-corrected chi connectivity index (χ4v) is 5.36. The molecule has 168 valence electrons. The molecule has 31 heavy (non-hydrogen) atoms. The molecule has 0 amide bonds. The molecule has 7 heteroatoms. The summed E-state index contributed by atoms with van der Waals surface area (Å²) in [4.78, 5) is 26.1. The molecular formula is C24H30O7. The number of carbonyl (C=O) groups excluding carboxylic acids is 2. The van der Waals surface area contributed by atoms with Crippen LogP contribution in [-0.4, -0.2) is 51.9 Å².